The van der Waals surface area contributed by atoms with Gasteiger partial charge >= 0.3 is 0 Å². The van der Waals surface area contributed by atoms with Crippen LogP contribution in [0.2, 0.25) is 0 Å². The second kappa shape index (κ2) is 5.91. The van der Waals surface area contributed by atoms with Crippen molar-refractivity contribution < 1.29 is 0 Å². The molecule has 0 aliphatic heterocycles. The summed E-state index contributed by atoms with van der Waals surface area (Å²) in [7, 11) is 2.00. The normalized spacial score (nSPS) is 12.4. The van der Waals surface area contributed by atoms with Crippen molar-refractivity contribution >= 4 is 16.7 Å². The molecule has 18 heavy (non-hydrogen) atoms. The molecule has 0 amide bonds. The van der Waals surface area contributed by atoms with E-state index in [2.05, 4.69) is 57.8 Å². The van der Waals surface area contributed by atoms with E-state index in [1.165, 1.54) is 29.1 Å². The van der Waals surface area contributed by atoms with E-state index in [4.69, 9.17) is 0 Å². The molecule has 0 N–H and O–H groups in total. The number of hydrogen-bond acceptors (Lipinski definition) is 5. The van der Waals surface area contributed by atoms with E-state index in [9.17, 15) is 0 Å². The molecule has 0 radical (unpaired) electrons. The Bertz CT molecular complexity index is 466. The van der Waals surface area contributed by atoms with Gasteiger partial charge in [-0.25, -0.2) is 0 Å². The van der Waals surface area contributed by atoms with Crippen LogP contribution in [-0.2, 0) is 6.54 Å². The number of hydrogen-bond donors (Lipinski definition) is 0. The van der Waals surface area contributed by atoms with Gasteiger partial charge in [-0.05, 0) is 28.7 Å². The molecule has 2 rings (SSSR count). The van der Waals surface area contributed by atoms with Crippen LogP contribution in [0.4, 0.5) is 5.13 Å². The summed E-state index contributed by atoms with van der Waals surface area (Å²) >= 11 is 1.32. The minimum absolute atomic E-state index is 0.629. The quantitative estimate of drug-likeness (QED) is 0.830. The van der Waals surface area contributed by atoms with Gasteiger partial charge in [0.15, 0.2) is 0 Å². The van der Waals surface area contributed by atoms with E-state index in [-0.39, 0.29) is 0 Å². The van der Waals surface area contributed by atoms with Crippen molar-refractivity contribution in [3.05, 3.63) is 35.4 Å². The van der Waals surface area contributed by atoms with Crippen molar-refractivity contribution in [1.29, 1.82) is 0 Å². The number of benzene rings is 1. The molecule has 1 atom stereocenters. The zero-order valence-electron chi connectivity index (χ0n) is 11.0. The maximum atomic E-state index is 3.95. The lowest BCUT2D eigenvalue weighted by atomic mass is 9.98. The number of anilines is 1. The number of nitrogens with zero attached hydrogens (tertiary/aromatic N) is 4. The van der Waals surface area contributed by atoms with Crippen molar-refractivity contribution in [2.45, 2.75) is 32.7 Å². The van der Waals surface area contributed by atoms with Crippen LogP contribution in [0.25, 0.3) is 0 Å². The van der Waals surface area contributed by atoms with E-state index >= 15 is 0 Å². The monoisotopic (exact) mass is 262 g/mol. The standard InChI is InChI=1S/C13H18N4S/c1-4-10(2)12-7-5-11(6-8-12)9-17(3)13-14-15-16-18-13/h5-8,10H,4,9H2,1-3H3. The summed E-state index contributed by atoms with van der Waals surface area (Å²) in [6.07, 6.45) is 1.18. The molecule has 96 valence electrons. The van der Waals surface area contributed by atoms with E-state index in [1.807, 2.05) is 7.05 Å². The molecule has 0 aliphatic rings. The number of rotatable bonds is 5. The molecule has 0 aliphatic carbocycles. The van der Waals surface area contributed by atoms with Crippen molar-refractivity contribution in [2.24, 2.45) is 0 Å². The Morgan fingerprint density at radius 1 is 1.28 bits per heavy atom. The second-order valence-electron chi connectivity index (χ2n) is 4.55. The summed E-state index contributed by atoms with van der Waals surface area (Å²) in [5.41, 5.74) is 2.68. The molecule has 0 fully saturated rings. The Labute approximate surface area is 112 Å². The van der Waals surface area contributed by atoms with Crippen LogP contribution in [-0.4, -0.2) is 21.8 Å². The van der Waals surface area contributed by atoms with Gasteiger partial charge in [-0.1, -0.05) is 47.7 Å². The summed E-state index contributed by atoms with van der Waals surface area (Å²) in [5.74, 6) is 0.629. The average molecular weight is 262 g/mol. The lowest BCUT2D eigenvalue weighted by Crippen LogP contribution is -2.16. The van der Waals surface area contributed by atoms with Crippen LogP contribution in [0.1, 0.15) is 37.3 Å². The third-order valence-electron chi connectivity index (χ3n) is 3.20. The molecule has 0 saturated heterocycles. The molecule has 1 aromatic carbocycles. The Morgan fingerprint density at radius 2 is 2.00 bits per heavy atom. The minimum Gasteiger partial charge on any atom is -0.344 e. The van der Waals surface area contributed by atoms with Crippen molar-refractivity contribution in [3.8, 4) is 0 Å². The van der Waals surface area contributed by atoms with Crippen molar-refractivity contribution in [1.82, 2.24) is 14.8 Å². The van der Waals surface area contributed by atoms with Gasteiger partial charge in [0, 0.05) is 25.1 Å². The zero-order chi connectivity index (χ0) is 13.0. The van der Waals surface area contributed by atoms with E-state index < -0.39 is 0 Å². The molecule has 0 spiro atoms. The third-order valence-corrected chi connectivity index (χ3v) is 3.91. The molecular formula is C13H18N4S. The first-order valence-corrected chi connectivity index (χ1v) is 6.93. The van der Waals surface area contributed by atoms with Crippen molar-refractivity contribution in [2.75, 3.05) is 11.9 Å². The minimum atomic E-state index is 0.629. The van der Waals surface area contributed by atoms with Gasteiger partial charge < -0.3 is 4.90 Å². The molecule has 1 aromatic heterocycles. The maximum Gasteiger partial charge on any atom is 0.227 e. The lowest BCUT2D eigenvalue weighted by molar-refractivity contribution is 0.732. The average Bonchev–Trinajstić information content (AvgIpc) is 2.92. The van der Waals surface area contributed by atoms with Gasteiger partial charge in [0.1, 0.15) is 0 Å². The SMILES string of the molecule is CCC(C)c1ccc(CN(C)c2nnns2)cc1. The highest BCUT2D eigenvalue weighted by Crippen LogP contribution is 2.20. The first-order valence-electron chi connectivity index (χ1n) is 6.15. The van der Waals surface area contributed by atoms with E-state index in [0.29, 0.717) is 5.92 Å². The lowest BCUT2D eigenvalue weighted by Gasteiger charge is -2.15. The Morgan fingerprint density at radius 3 is 2.56 bits per heavy atom. The summed E-state index contributed by atoms with van der Waals surface area (Å²) < 4.78 is 3.77. The molecule has 1 unspecified atom stereocenters. The highest BCUT2D eigenvalue weighted by atomic mass is 32.1. The second-order valence-corrected chi connectivity index (χ2v) is 5.26. The highest BCUT2D eigenvalue weighted by molar-refractivity contribution is 7.09. The van der Waals surface area contributed by atoms with Gasteiger partial charge in [0.25, 0.3) is 0 Å². The first kappa shape index (κ1) is 13.0. The fourth-order valence-corrected chi connectivity index (χ4v) is 2.23. The highest BCUT2D eigenvalue weighted by Gasteiger charge is 2.07. The largest absolute Gasteiger partial charge is 0.344 e. The van der Waals surface area contributed by atoms with Gasteiger partial charge in [0.2, 0.25) is 5.13 Å². The van der Waals surface area contributed by atoms with Crippen molar-refractivity contribution in [3.63, 3.8) is 0 Å². The molecule has 5 heteroatoms. The summed E-state index contributed by atoms with van der Waals surface area (Å²) in [6, 6.07) is 8.81. The van der Waals surface area contributed by atoms with Crippen LogP contribution < -0.4 is 4.90 Å². The van der Waals surface area contributed by atoms with Gasteiger partial charge in [-0.3, -0.25) is 0 Å². The Kier molecular flexibility index (Phi) is 4.25. The van der Waals surface area contributed by atoms with Crippen LogP contribution >= 0.6 is 11.5 Å². The number of aromatic nitrogens is 3. The molecule has 0 bridgehead atoms. The smallest absolute Gasteiger partial charge is 0.227 e. The van der Waals surface area contributed by atoms with Crippen LogP contribution in [0.15, 0.2) is 24.3 Å². The summed E-state index contributed by atoms with van der Waals surface area (Å²) in [4.78, 5) is 2.06. The van der Waals surface area contributed by atoms with Gasteiger partial charge in [-0.15, -0.1) is 0 Å². The van der Waals surface area contributed by atoms with E-state index in [1.54, 1.807) is 0 Å². The fraction of sp³-hybridized carbons (Fsp3) is 0.462. The van der Waals surface area contributed by atoms with Crippen LogP contribution in [0, 0.1) is 0 Å². The van der Waals surface area contributed by atoms with Crippen LogP contribution in [0.3, 0.4) is 0 Å². The fourth-order valence-electron chi connectivity index (χ4n) is 1.80. The summed E-state index contributed by atoms with van der Waals surface area (Å²) in [6.45, 7) is 5.31. The molecule has 4 nitrogen and oxygen atoms in total. The molecular weight excluding hydrogens is 244 g/mol. The Hall–Kier alpha value is -1.49. The first-order chi connectivity index (χ1) is 8.70. The Balaban J connectivity index is 2.02. The van der Waals surface area contributed by atoms with Gasteiger partial charge in [0.05, 0.1) is 0 Å². The van der Waals surface area contributed by atoms with E-state index in [0.717, 1.165) is 11.7 Å². The third kappa shape index (κ3) is 3.04. The predicted molar refractivity (Wildman–Crippen MR) is 75.0 cm³/mol. The maximum absolute atomic E-state index is 3.95. The zero-order valence-corrected chi connectivity index (χ0v) is 11.8. The van der Waals surface area contributed by atoms with Crippen LogP contribution in [0.5, 0.6) is 0 Å². The topological polar surface area (TPSA) is 41.9 Å². The molecule has 1 heterocycles. The summed E-state index contributed by atoms with van der Waals surface area (Å²) in [5, 5.41) is 8.41. The van der Waals surface area contributed by atoms with Gasteiger partial charge in [-0.2, -0.15) is 0 Å². The predicted octanol–water partition coefficient (Wildman–Crippen LogP) is 3.08. The molecule has 2 aromatic rings. The molecule has 0 saturated carbocycles.